The van der Waals surface area contributed by atoms with Crippen molar-refractivity contribution in [1.82, 2.24) is 14.7 Å². The van der Waals surface area contributed by atoms with Crippen LogP contribution >= 0.6 is 0 Å². The number of rotatable bonds is 10. The van der Waals surface area contributed by atoms with E-state index in [1.165, 1.54) is 82.0 Å². The summed E-state index contributed by atoms with van der Waals surface area (Å²) >= 11 is 0. The minimum absolute atomic E-state index is 0.343. The summed E-state index contributed by atoms with van der Waals surface area (Å²) in [6, 6.07) is 10.3. The highest BCUT2D eigenvalue weighted by atomic mass is 16.2. The van der Waals surface area contributed by atoms with E-state index >= 15 is 0 Å². The van der Waals surface area contributed by atoms with E-state index in [2.05, 4.69) is 52.8 Å². The van der Waals surface area contributed by atoms with Crippen molar-refractivity contribution in [3.63, 3.8) is 0 Å². The maximum atomic E-state index is 13.9. The molecular weight excluding hydrogens is 406 g/mol. The van der Waals surface area contributed by atoms with Crippen LogP contribution in [0.4, 0.5) is 4.79 Å². The largest absolute Gasteiger partial charge is 0.325 e. The zero-order valence-corrected chi connectivity index (χ0v) is 21.3. The van der Waals surface area contributed by atoms with Crippen LogP contribution in [0, 0.1) is 5.92 Å². The second kappa shape index (κ2) is 12.2. The van der Waals surface area contributed by atoms with Gasteiger partial charge in [0.2, 0.25) is 0 Å². The number of benzene rings is 1. The number of urea groups is 1. The molecule has 3 aliphatic rings. The Bertz CT molecular complexity index is 738. The molecule has 1 aromatic rings. The monoisotopic (exact) mass is 453 g/mol. The minimum Gasteiger partial charge on any atom is -0.325 e. The number of carbonyl (C=O) groups is 1. The molecule has 0 saturated carbocycles. The fraction of sp³-hybridized carbons (Fsp3) is 0.759. The van der Waals surface area contributed by atoms with E-state index < -0.39 is 0 Å². The molecule has 33 heavy (non-hydrogen) atoms. The number of piperidine rings is 2. The molecule has 3 aliphatic heterocycles. The third-order valence-corrected chi connectivity index (χ3v) is 8.45. The van der Waals surface area contributed by atoms with Crippen LogP contribution in [0.2, 0.25) is 0 Å². The van der Waals surface area contributed by atoms with Crippen molar-refractivity contribution in [3.8, 4) is 0 Å². The second-order valence-corrected chi connectivity index (χ2v) is 10.7. The van der Waals surface area contributed by atoms with E-state index in [4.69, 9.17) is 0 Å². The van der Waals surface area contributed by atoms with Crippen molar-refractivity contribution in [3.05, 3.63) is 35.4 Å². The smallest absolute Gasteiger partial charge is 0.320 e. The zero-order valence-electron chi connectivity index (χ0n) is 21.3. The molecule has 4 heteroatoms. The maximum Gasteiger partial charge on any atom is 0.320 e. The predicted octanol–water partition coefficient (Wildman–Crippen LogP) is 6.65. The van der Waals surface area contributed by atoms with Gasteiger partial charge in [0.25, 0.3) is 0 Å². The Morgan fingerprint density at radius 3 is 2.42 bits per heavy atom. The summed E-state index contributed by atoms with van der Waals surface area (Å²) in [5.74, 6) is 0.645. The van der Waals surface area contributed by atoms with E-state index in [0.717, 1.165) is 38.9 Å². The van der Waals surface area contributed by atoms with Crippen LogP contribution in [0.15, 0.2) is 24.3 Å². The lowest BCUT2D eigenvalue weighted by Crippen LogP contribution is -2.59. The Hall–Kier alpha value is -1.55. The maximum absolute atomic E-state index is 13.9. The molecule has 3 unspecified atom stereocenters. The lowest BCUT2D eigenvalue weighted by Gasteiger charge is -2.53. The van der Waals surface area contributed by atoms with Crippen molar-refractivity contribution >= 4 is 6.03 Å². The van der Waals surface area contributed by atoms with Gasteiger partial charge in [0.05, 0.1) is 0 Å². The number of fused-ring (bicyclic) bond motifs is 4. The van der Waals surface area contributed by atoms with Gasteiger partial charge in [-0.25, -0.2) is 4.79 Å². The first-order chi connectivity index (χ1) is 16.2. The van der Waals surface area contributed by atoms with Gasteiger partial charge in [-0.15, -0.1) is 0 Å². The van der Waals surface area contributed by atoms with E-state index in [-0.39, 0.29) is 0 Å². The SMILES string of the molecule is CCCCCCN(CCCCCC)C(=O)N1CCCC2CN3CCc4ccccc4C3CC21. The van der Waals surface area contributed by atoms with E-state index in [1.807, 2.05) is 0 Å². The summed E-state index contributed by atoms with van der Waals surface area (Å²) < 4.78 is 0. The van der Waals surface area contributed by atoms with Crippen LogP contribution in [0.5, 0.6) is 0 Å². The number of amides is 2. The lowest BCUT2D eigenvalue weighted by molar-refractivity contribution is -0.00147. The molecule has 3 atom stereocenters. The molecule has 0 bridgehead atoms. The number of nitrogens with zero attached hydrogens (tertiary/aromatic N) is 3. The van der Waals surface area contributed by atoms with Gasteiger partial charge in [0.1, 0.15) is 0 Å². The van der Waals surface area contributed by atoms with E-state index in [0.29, 0.717) is 24.0 Å². The number of carbonyl (C=O) groups excluding carboxylic acids is 1. The third-order valence-electron chi connectivity index (χ3n) is 8.45. The van der Waals surface area contributed by atoms with Crippen LogP contribution in [0.25, 0.3) is 0 Å². The average molecular weight is 454 g/mol. The van der Waals surface area contributed by atoms with Gasteiger partial charge < -0.3 is 9.80 Å². The summed E-state index contributed by atoms with van der Waals surface area (Å²) in [7, 11) is 0. The molecule has 2 saturated heterocycles. The first-order valence-corrected chi connectivity index (χ1v) is 14.1. The minimum atomic E-state index is 0.343. The fourth-order valence-corrected chi connectivity index (χ4v) is 6.58. The first kappa shape index (κ1) is 24.6. The molecule has 0 aromatic heterocycles. The molecule has 184 valence electrons. The van der Waals surface area contributed by atoms with Crippen LogP contribution < -0.4 is 0 Å². The van der Waals surface area contributed by atoms with Crippen molar-refractivity contribution in [2.75, 3.05) is 32.7 Å². The highest BCUT2D eigenvalue weighted by Crippen LogP contribution is 2.43. The van der Waals surface area contributed by atoms with Gasteiger partial charge in [0.15, 0.2) is 0 Å². The topological polar surface area (TPSA) is 26.8 Å². The molecule has 4 rings (SSSR count). The molecule has 3 heterocycles. The normalized spacial score (nSPS) is 24.7. The summed E-state index contributed by atoms with van der Waals surface area (Å²) in [5, 5.41) is 0. The number of likely N-dealkylation sites (tertiary alicyclic amines) is 1. The molecule has 4 nitrogen and oxygen atoms in total. The first-order valence-electron chi connectivity index (χ1n) is 14.1. The van der Waals surface area contributed by atoms with Crippen LogP contribution in [0.3, 0.4) is 0 Å². The molecule has 0 aliphatic carbocycles. The Kier molecular flexibility index (Phi) is 9.11. The molecule has 2 amide bonds. The Labute approximate surface area is 202 Å². The van der Waals surface area contributed by atoms with Crippen LogP contribution in [-0.2, 0) is 6.42 Å². The lowest BCUT2D eigenvalue weighted by atomic mass is 9.77. The Balaban J connectivity index is 1.45. The van der Waals surface area contributed by atoms with Crippen LogP contribution in [0.1, 0.15) is 102 Å². The molecule has 2 fully saturated rings. The fourth-order valence-electron chi connectivity index (χ4n) is 6.58. The summed E-state index contributed by atoms with van der Waals surface area (Å²) in [6.07, 6.45) is 14.6. The Morgan fingerprint density at radius 1 is 0.970 bits per heavy atom. The molecule has 1 aromatic carbocycles. The molecule has 0 spiro atoms. The van der Waals surface area contributed by atoms with Crippen molar-refractivity contribution in [2.24, 2.45) is 5.92 Å². The summed E-state index contributed by atoms with van der Waals surface area (Å²) in [4.78, 5) is 21.2. The Morgan fingerprint density at radius 2 is 1.70 bits per heavy atom. The van der Waals surface area contributed by atoms with E-state index in [9.17, 15) is 4.79 Å². The van der Waals surface area contributed by atoms with Crippen molar-refractivity contribution in [2.45, 2.75) is 103 Å². The van der Waals surface area contributed by atoms with Crippen LogP contribution in [-0.4, -0.2) is 59.5 Å². The summed E-state index contributed by atoms with van der Waals surface area (Å²) in [6.45, 7) is 9.71. The molecule has 0 radical (unpaired) electrons. The van der Waals surface area contributed by atoms with Gasteiger partial charge in [0, 0.05) is 44.8 Å². The standard InChI is InChI=1S/C29H47N3O/c1-3-5-7-11-18-30(19-12-8-6-4-2)29(33)32-20-13-15-25-23-31-21-17-24-14-9-10-16-26(24)28(31)22-27(25)32/h9-10,14,16,25,27-28H,3-8,11-13,15,17-23H2,1-2H3. The molecular formula is C29H47N3O. The zero-order chi connectivity index (χ0) is 23.0. The highest BCUT2D eigenvalue weighted by Gasteiger charge is 2.44. The van der Waals surface area contributed by atoms with Gasteiger partial charge in [-0.05, 0) is 55.6 Å². The predicted molar refractivity (Wildman–Crippen MR) is 138 cm³/mol. The van der Waals surface area contributed by atoms with Crippen molar-refractivity contribution < 1.29 is 4.79 Å². The third kappa shape index (κ3) is 5.93. The van der Waals surface area contributed by atoms with E-state index in [1.54, 1.807) is 0 Å². The van der Waals surface area contributed by atoms with Gasteiger partial charge in [-0.1, -0.05) is 76.6 Å². The van der Waals surface area contributed by atoms with Gasteiger partial charge in [-0.3, -0.25) is 4.90 Å². The molecule has 0 N–H and O–H groups in total. The highest BCUT2D eigenvalue weighted by molar-refractivity contribution is 5.75. The quantitative estimate of drug-likeness (QED) is 0.371. The van der Waals surface area contributed by atoms with Gasteiger partial charge in [-0.2, -0.15) is 0 Å². The number of unbranched alkanes of at least 4 members (excludes halogenated alkanes) is 6. The number of hydrogen-bond acceptors (Lipinski definition) is 2. The van der Waals surface area contributed by atoms with Crippen molar-refractivity contribution in [1.29, 1.82) is 0 Å². The number of hydrogen-bond donors (Lipinski definition) is 0. The van der Waals surface area contributed by atoms with Gasteiger partial charge >= 0.3 is 6.03 Å². The summed E-state index contributed by atoms with van der Waals surface area (Å²) in [5.41, 5.74) is 3.05. The second-order valence-electron chi connectivity index (χ2n) is 10.7. The average Bonchev–Trinajstić information content (AvgIpc) is 2.85.